The van der Waals surface area contributed by atoms with E-state index < -0.39 is 0 Å². The van der Waals surface area contributed by atoms with Crippen LogP contribution in [0.3, 0.4) is 0 Å². The predicted octanol–water partition coefficient (Wildman–Crippen LogP) is 3.53. The molecule has 126 valence electrons. The van der Waals surface area contributed by atoms with Gasteiger partial charge in [0.2, 0.25) is 0 Å². The average molecular weight is 329 g/mol. The topological polar surface area (TPSA) is 64.3 Å². The standard InChI is InChI=1S/C17H28N2O2.ClH/c1-5-13(4)21-15-10-8-14(9-11-15)16(20)19-17(6-2,7-3)12-18;/h8-11,13H,5-7,12,18H2,1-4H3,(H,19,20);1H. The molecule has 0 radical (unpaired) electrons. The molecule has 0 saturated carbocycles. The van der Waals surface area contributed by atoms with E-state index in [4.69, 9.17) is 10.5 Å². The summed E-state index contributed by atoms with van der Waals surface area (Å²) < 4.78 is 5.71. The molecule has 0 aliphatic heterocycles. The number of hydrogen-bond donors (Lipinski definition) is 2. The Kier molecular flexibility index (Phi) is 9.14. The number of ether oxygens (including phenoxy) is 1. The number of carbonyl (C=O) groups is 1. The lowest BCUT2D eigenvalue weighted by Crippen LogP contribution is -2.52. The number of nitrogens with one attached hydrogen (secondary N) is 1. The van der Waals surface area contributed by atoms with Gasteiger partial charge >= 0.3 is 0 Å². The van der Waals surface area contributed by atoms with Crippen molar-refractivity contribution in [3.63, 3.8) is 0 Å². The van der Waals surface area contributed by atoms with Crippen LogP contribution in [0.2, 0.25) is 0 Å². The first-order chi connectivity index (χ1) is 10.00. The summed E-state index contributed by atoms with van der Waals surface area (Å²) in [5, 5.41) is 3.06. The molecule has 1 rings (SSSR count). The van der Waals surface area contributed by atoms with E-state index in [1.165, 1.54) is 0 Å². The van der Waals surface area contributed by atoms with Crippen LogP contribution in [0.25, 0.3) is 0 Å². The van der Waals surface area contributed by atoms with Crippen LogP contribution in [0.1, 0.15) is 57.3 Å². The molecular weight excluding hydrogens is 300 g/mol. The summed E-state index contributed by atoms with van der Waals surface area (Å²) in [6.07, 6.45) is 2.77. The molecule has 0 fully saturated rings. The van der Waals surface area contributed by atoms with Gasteiger partial charge in [0.15, 0.2) is 0 Å². The summed E-state index contributed by atoms with van der Waals surface area (Å²) in [5.74, 6) is 0.705. The molecule has 0 aliphatic carbocycles. The Morgan fingerprint density at radius 3 is 2.18 bits per heavy atom. The van der Waals surface area contributed by atoms with Gasteiger partial charge in [-0.1, -0.05) is 20.8 Å². The molecule has 1 amide bonds. The Morgan fingerprint density at radius 2 is 1.77 bits per heavy atom. The van der Waals surface area contributed by atoms with Gasteiger partial charge < -0.3 is 15.8 Å². The van der Waals surface area contributed by atoms with Gasteiger partial charge in [0.1, 0.15) is 5.75 Å². The van der Waals surface area contributed by atoms with Gasteiger partial charge in [0.25, 0.3) is 5.91 Å². The van der Waals surface area contributed by atoms with Crippen molar-refractivity contribution < 1.29 is 9.53 Å². The summed E-state index contributed by atoms with van der Waals surface area (Å²) in [5.41, 5.74) is 6.13. The first kappa shape index (κ1) is 20.7. The van der Waals surface area contributed by atoms with E-state index in [1.807, 2.05) is 32.9 Å². The minimum atomic E-state index is -0.316. The Balaban J connectivity index is 0.00000441. The summed E-state index contributed by atoms with van der Waals surface area (Å²) in [6, 6.07) is 7.26. The van der Waals surface area contributed by atoms with Crippen molar-refractivity contribution in [2.24, 2.45) is 5.73 Å². The minimum absolute atomic E-state index is 0. The second kappa shape index (κ2) is 9.70. The quantitative estimate of drug-likeness (QED) is 0.767. The Labute approximate surface area is 140 Å². The number of nitrogens with two attached hydrogens (primary N) is 1. The van der Waals surface area contributed by atoms with Gasteiger partial charge in [-0.2, -0.15) is 0 Å². The number of benzene rings is 1. The molecule has 1 atom stereocenters. The highest BCUT2D eigenvalue weighted by Gasteiger charge is 2.26. The summed E-state index contributed by atoms with van der Waals surface area (Å²) in [7, 11) is 0. The second-order valence-electron chi connectivity index (χ2n) is 5.51. The zero-order valence-corrected chi connectivity index (χ0v) is 14.8. The molecule has 0 saturated heterocycles. The smallest absolute Gasteiger partial charge is 0.251 e. The van der Waals surface area contributed by atoms with Gasteiger partial charge in [0, 0.05) is 12.1 Å². The molecule has 1 aromatic rings. The zero-order chi connectivity index (χ0) is 15.9. The van der Waals surface area contributed by atoms with E-state index in [0.29, 0.717) is 12.1 Å². The van der Waals surface area contributed by atoms with Crippen molar-refractivity contribution >= 4 is 18.3 Å². The fourth-order valence-corrected chi connectivity index (χ4v) is 2.08. The Morgan fingerprint density at radius 1 is 1.23 bits per heavy atom. The number of hydrogen-bond acceptors (Lipinski definition) is 3. The molecule has 0 aliphatic rings. The number of amides is 1. The second-order valence-corrected chi connectivity index (χ2v) is 5.51. The highest BCUT2D eigenvalue weighted by molar-refractivity contribution is 5.94. The summed E-state index contributed by atoms with van der Waals surface area (Å²) in [6.45, 7) is 8.63. The molecule has 3 N–H and O–H groups in total. The van der Waals surface area contributed by atoms with Crippen molar-refractivity contribution in [1.29, 1.82) is 0 Å². The number of halogens is 1. The van der Waals surface area contributed by atoms with E-state index in [9.17, 15) is 4.79 Å². The van der Waals surface area contributed by atoms with Gasteiger partial charge in [-0.25, -0.2) is 0 Å². The van der Waals surface area contributed by atoms with E-state index in [2.05, 4.69) is 12.2 Å². The van der Waals surface area contributed by atoms with Crippen LogP contribution in [0, 0.1) is 0 Å². The fourth-order valence-electron chi connectivity index (χ4n) is 2.08. The first-order valence-corrected chi connectivity index (χ1v) is 7.79. The van der Waals surface area contributed by atoms with E-state index in [-0.39, 0.29) is 30.0 Å². The van der Waals surface area contributed by atoms with Crippen LogP contribution < -0.4 is 15.8 Å². The van der Waals surface area contributed by atoms with Gasteiger partial charge in [-0.05, 0) is 50.5 Å². The molecule has 0 spiro atoms. The molecule has 5 heteroatoms. The molecule has 0 heterocycles. The first-order valence-electron chi connectivity index (χ1n) is 7.79. The largest absolute Gasteiger partial charge is 0.491 e. The molecule has 4 nitrogen and oxygen atoms in total. The summed E-state index contributed by atoms with van der Waals surface area (Å²) >= 11 is 0. The van der Waals surface area contributed by atoms with Crippen molar-refractivity contribution in [2.45, 2.75) is 58.6 Å². The highest BCUT2D eigenvalue weighted by atomic mass is 35.5. The molecule has 0 aromatic heterocycles. The van der Waals surface area contributed by atoms with E-state index in [0.717, 1.165) is 25.0 Å². The van der Waals surface area contributed by atoms with Gasteiger partial charge in [-0.3, -0.25) is 4.79 Å². The summed E-state index contributed by atoms with van der Waals surface area (Å²) in [4.78, 5) is 12.3. The molecule has 0 bridgehead atoms. The fraction of sp³-hybridized carbons (Fsp3) is 0.588. The van der Waals surface area contributed by atoms with Crippen LogP contribution in [0.5, 0.6) is 5.75 Å². The molecule has 22 heavy (non-hydrogen) atoms. The van der Waals surface area contributed by atoms with Crippen LogP contribution in [-0.4, -0.2) is 24.1 Å². The van der Waals surface area contributed by atoms with Crippen molar-refractivity contribution in [1.82, 2.24) is 5.32 Å². The lowest BCUT2D eigenvalue weighted by molar-refractivity contribution is 0.0895. The maximum atomic E-state index is 12.3. The number of carbonyl (C=O) groups excluding carboxylic acids is 1. The average Bonchev–Trinajstić information content (AvgIpc) is 2.53. The highest BCUT2D eigenvalue weighted by Crippen LogP contribution is 2.17. The third-order valence-corrected chi connectivity index (χ3v) is 4.15. The minimum Gasteiger partial charge on any atom is -0.491 e. The van der Waals surface area contributed by atoms with Gasteiger partial charge in [0.05, 0.1) is 11.6 Å². The normalized spacial score (nSPS) is 12.2. The van der Waals surface area contributed by atoms with E-state index >= 15 is 0 Å². The Hall–Kier alpha value is -1.26. The third-order valence-electron chi connectivity index (χ3n) is 4.15. The van der Waals surface area contributed by atoms with Crippen molar-refractivity contribution in [2.75, 3.05) is 6.54 Å². The lowest BCUT2D eigenvalue weighted by Gasteiger charge is -2.31. The van der Waals surface area contributed by atoms with Crippen LogP contribution >= 0.6 is 12.4 Å². The van der Waals surface area contributed by atoms with Crippen LogP contribution in [0.15, 0.2) is 24.3 Å². The third kappa shape index (κ3) is 5.50. The predicted molar refractivity (Wildman–Crippen MR) is 93.9 cm³/mol. The Bertz CT molecular complexity index is 436. The maximum absolute atomic E-state index is 12.3. The van der Waals surface area contributed by atoms with Crippen LogP contribution in [0.4, 0.5) is 0 Å². The van der Waals surface area contributed by atoms with Crippen molar-refractivity contribution in [3.05, 3.63) is 29.8 Å². The van der Waals surface area contributed by atoms with Crippen LogP contribution in [-0.2, 0) is 0 Å². The van der Waals surface area contributed by atoms with Crippen molar-refractivity contribution in [3.8, 4) is 5.75 Å². The molecule has 1 aromatic carbocycles. The van der Waals surface area contributed by atoms with E-state index in [1.54, 1.807) is 12.1 Å². The molecular formula is C17H29ClN2O2. The SMILES string of the molecule is CCC(C)Oc1ccc(C(=O)NC(CC)(CC)CN)cc1.Cl. The molecule has 1 unspecified atom stereocenters. The maximum Gasteiger partial charge on any atom is 0.251 e. The number of rotatable bonds is 8. The monoisotopic (exact) mass is 328 g/mol. The zero-order valence-electron chi connectivity index (χ0n) is 14.0. The lowest BCUT2D eigenvalue weighted by atomic mass is 9.92. The van der Waals surface area contributed by atoms with Gasteiger partial charge in [-0.15, -0.1) is 12.4 Å².